The summed E-state index contributed by atoms with van der Waals surface area (Å²) in [4.78, 5) is 11.7. The Hall–Kier alpha value is -1.33. The number of benzene rings is 1. The van der Waals surface area contributed by atoms with Gasteiger partial charge in [-0.3, -0.25) is 4.79 Å². The summed E-state index contributed by atoms with van der Waals surface area (Å²) in [5, 5.41) is 2.91. The molecule has 1 amide bonds. The van der Waals surface area contributed by atoms with Gasteiger partial charge in [-0.15, -0.1) is 0 Å². The number of carbonyl (C=O) groups excluding carboxylic acids is 1. The van der Waals surface area contributed by atoms with Crippen LogP contribution in [-0.4, -0.2) is 24.2 Å². The molecular formula is C17H26BNO3. The number of carbonyl (C=O) groups is 1. The summed E-state index contributed by atoms with van der Waals surface area (Å²) in [6.07, 6.45) is 2.50. The lowest BCUT2D eigenvalue weighted by Crippen LogP contribution is -2.41. The average Bonchev–Trinajstić information content (AvgIpc) is 2.66. The molecule has 0 saturated carbocycles. The Labute approximate surface area is 133 Å². The van der Waals surface area contributed by atoms with Crippen LogP contribution < -0.4 is 10.8 Å². The van der Waals surface area contributed by atoms with Gasteiger partial charge in [-0.1, -0.05) is 25.5 Å². The van der Waals surface area contributed by atoms with Crippen molar-refractivity contribution < 1.29 is 14.1 Å². The topological polar surface area (TPSA) is 47.6 Å². The van der Waals surface area contributed by atoms with Gasteiger partial charge < -0.3 is 14.6 Å². The molecule has 5 heteroatoms. The molecule has 1 N–H and O–H groups in total. The highest BCUT2D eigenvalue weighted by Gasteiger charge is 2.51. The van der Waals surface area contributed by atoms with E-state index in [2.05, 4.69) is 12.2 Å². The van der Waals surface area contributed by atoms with Crippen molar-refractivity contribution in [2.24, 2.45) is 0 Å². The maximum atomic E-state index is 11.7. The highest BCUT2D eigenvalue weighted by Crippen LogP contribution is 2.36. The van der Waals surface area contributed by atoms with Crippen LogP contribution in [0.2, 0.25) is 0 Å². The second kappa shape index (κ2) is 6.43. The highest BCUT2D eigenvalue weighted by atomic mass is 16.7. The van der Waals surface area contributed by atoms with E-state index in [0.717, 1.165) is 24.0 Å². The van der Waals surface area contributed by atoms with Crippen LogP contribution in [0.4, 0.5) is 5.69 Å². The smallest absolute Gasteiger partial charge is 0.399 e. The fourth-order valence-electron chi connectivity index (χ4n) is 2.26. The predicted molar refractivity (Wildman–Crippen MR) is 90.3 cm³/mol. The van der Waals surface area contributed by atoms with Gasteiger partial charge in [-0.05, 0) is 51.7 Å². The maximum Gasteiger partial charge on any atom is 0.494 e. The van der Waals surface area contributed by atoms with E-state index in [9.17, 15) is 4.79 Å². The largest absolute Gasteiger partial charge is 0.494 e. The van der Waals surface area contributed by atoms with Crippen molar-refractivity contribution >= 4 is 24.2 Å². The van der Waals surface area contributed by atoms with Crippen molar-refractivity contribution in [2.45, 2.75) is 65.1 Å². The van der Waals surface area contributed by atoms with Crippen molar-refractivity contribution in [3.8, 4) is 0 Å². The molecule has 1 aromatic rings. The first kappa shape index (κ1) is 17.0. The van der Waals surface area contributed by atoms with Crippen LogP contribution in [0.15, 0.2) is 24.3 Å². The van der Waals surface area contributed by atoms with E-state index in [1.165, 1.54) is 0 Å². The van der Waals surface area contributed by atoms with Crippen molar-refractivity contribution in [3.05, 3.63) is 24.3 Å². The summed E-state index contributed by atoms with van der Waals surface area (Å²) in [5.74, 6) is 0.0604. The molecule has 2 rings (SSSR count). The van der Waals surface area contributed by atoms with Gasteiger partial charge in [-0.25, -0.2) is 0 Å². The van der Waals surface area contributed by atoms with E-state index in [1.54, 1.807) is 0 Å². The van der Waals surface area contributed by atoms with Gasteiger partial charge in [0.25, 0.3) is 0 Å². The van der Waals surface area contributed by atoms with Crippen LogP contribution >= 0.6 is 0 Å². The number of unbranched alkanes of at least 4 members (excludes halogenated alkanes) is 1. The van der Waals surface area contributed by atoms with Gasteiger partial charge in [0, 0.05) is 12.1 Å². The number of hydrogen-bond acceptors (Lipinski definition) is 3. The van der Waals surface area contributed by atoms with E-state index in [0.29, 0.717) is 6.42 Å². The zero-order valence-corrected chi connectivity index (χ0v) is 14.2. The quantitative estimate of drug-likeness (QED) is 0.850. The van der Waals surface area contributed by atoms with Crippen LogP contribution in [0, 0.1) is 0 Å². The number of anilines is 1. The first-order valence-corrected chi connectivity index (χ1v) is 8.00. The van der Waals surface area contributed by atoms with Gasteiger partial charge in [0.15, 0.2) is 0 Å². The third-order valence-corrected chi connectivity index (χ3v) is 4.48. The molecule has 0 spiro atoms. The molecule has 0 aliphatic carbocycles. The van der Waals surface area contributed by atoms with Crippen LogP contribution in [-0.2, 0) is 14.1 Å². The normalized spacial score (nSPS) is 19.2. The summed E-state index contributed by atoms with van der Waals surface area (Å²) >= 11 is 0. The Bertz CT molecular complexity index is 509. The fraction of sp³-hybridized carbons (Fsp3) is 0.588. The molecule has 1 fully saturated rings. The lowest BCUT2D eigenvalue weighted by molar-refractivity contribution is -0.116. The van der Waals surface area contributed by atoms with Crippen molar-refractivity contribution in [3.63, 3.8) is 0 Å². The first-order chi connectivity index (χ1) is 10.2. The minimum atomic E-state index is -0.366. The average molecular weight is 303 g/mol. The Morgan fingerprint density at radius 2 is 1.64 bits per heavy atom. The molecule has 1 saturated heterocycles. The first-order valence-electron chi connectivity index (χ1n) is 8.00. The zero-order chi connectivity index (χ0) is 16.4. The van der Waals surface area contributed by atoms with E-state index in [4.69, 9.17) is 9.31 Å². The van der Waals surface area contributed by atoms with E-state index >= 15 is 0 Å². The standard InChI is InChI=1S/C17H26BNO3/c1-6-7-8-15(20)19-14-11-9-13(10-12-14)18-21-16(2,3)17(4,5)22-18/h9-12H,6-8H2,1-5H3,(H,19,20). The second-order valence-corrected chi connectivity index (χ2v) is 6.86. The predicted octanol–water partition coefficient (Wildman–Crippen LogP) is 3.11. The van der Waals surface area contributed by atoms with Crippen molar-refractivity contribution in [1.29, 1.82) is 0 Å². The Balaban J connectivity index is 2.00. The lowest BCUT2D eigenvalue weighted by Gasteiger charge is -2.32. The molecule has 0 atom stereocenters. The Morgan fingerprint density at radius 1 is 1.09 bits per heavy atom. The van der Waals surface area contributed by atoms with E-state index in [1.807, 2.05) is 52.0 Å². The summed E-state index contributed by atoms with van der Waals surface area (Å²) in [7, 11) is -0.366. The van der Waals surface area contributed by atoms with Crippen LogP contribution in [0.25, 0.3) is 0 Å². The minimum Gasteiger partial charge on any atom is -0.399 e. The molecule has 4 nitrogen and oxygen atoms in total. The molecule has 1 aromatic carbocycles. The van der Waals surface area contributed by atoms with Gasteiger partial charge in [0.1, 0.15) is 0 Å². The third kappa shape index (κ3) is 3.71. The lowest BCUT2D eigenvalue weighted by atomic mass is 9.79. The molecule has 1 aliphatic heterocycles. The van der Waals surface area contributed by atoms with Crippen molar-refractivity contribution in [2.75, 3.05) is 5.32 Å². The molecular weight excluding hydrogens is 277 g/mol. The number of hydrogen-bond donors (Lipinski definition) is 1. The molecule has 22 heavy (non-hydrogen) atoms. The monoisotopic (exact) mass is 303 g/mol. The molecule has 0 unspecified atom stereocenters. The number of rotatable bonds is 5. The van der Waals surface area contributed by atoms with Gasteiger partial charge in [0.05, 0.1) is 11.2 Å². The number of amides is 1. The molecule has 120 valence electrons. The zero-order valence-electron chi connectivity index (χ0n) is 14.2. The van der Waals surface area contributed by atoms with E-state index in [-0.39, 0.29) is 24.2 Å². The van der Waals surface area contributed by atoms with Crippen LogP contribution in [0.3, 0.4) is 0 Å². The Kier molecular flexibility index (Phi) is 4.98. The maximum absolute atomic E-state index is 11.7. The van der Waals surface area contributed by atoms with Crippen LogP contribution in [0.1, 0.15) is 53.9 Å². The molecule has 1 heterocycles. The van der Waals surface area contributed by atoms with E-state index < -0.39 is 0 Å². The summed E-state index contributed by atoms with van der Waals surface area (Å²) < 4.78 is 12.0. The second-order valence-electron chi connectivity index (χ2n) is 6.86. The molecule has 0 aromatic heterocycles. The molecule has 0 bridgehead atoms. The summed E-state index contributed by atoms with van der Waals surface area (Å²) in [5.41, 5.74) is 1.08. The molecule has 0 radical (unpaired) electrons. The van der Waals surface area contributed by atoms with Crippen LogP contribution in [0.5, 0.6) is 0 Å². The minimum absolute atomic E-state index is 0.0604. The fourth-order valence-corrected chi connectivity index (χ4v) is 2.26. The summed E-state index contributed by atoms with van der Waals surface area (Å²) in [6, 6.07) is 7.67. The highest BCUT2D eigenvalue weighted by molar-refractivity contribution is 6.62. The van der Waals surface area contributed by atoms with Crippen molar-refractivity contribution in [1.82, 2.24) is 0 Å². The van der Waals surface area contributed by atoms with Gasteiger partial charge >= 0.3 is 7.12 Å². The Morgan fingerprint density at radius 3 is 2.14 bits per heavy atom. The summed E-state index contributed by atoms with van der Waals surface area (Å²) in [6.45, 7) is 10.2. The van der Waals surface area contributed by atoms with Gasteiger partial charge in [0.2, 0.25) is 5.91 Å². The molecule has 1 aliphatic rings. The third-order valence-electron chi connectivity index (χ3n) is 4.48. The van der Waals surface area contributed by atoms with Gasteiger partial charge in [-0.2, -0.15) is 0 Å². The number of nitrogens with one attached hydrogen (secondary N) is 1. The SMILES string of the molecule is CCCCC(=O)Nc1ccc(B2OC(C)(C)C(C)(C)O2)cc1.